The minimum absolute atomic E-state index is 0.249. The number of hydrogen-bond acceptors (Lipinski definition) is 1. The van der Waals surface area contributed by atoms with Crippen LogP contribution in [0.3, 0.4) is 0 Å². The van der Waals surface area contributed by atoms with Gasteiger partial charge in [-0.2, -0.15) is 5.26 Å². The Morgan fingerprint density at radius 3 is 2.38 bits per heavy atom. The molecule has 2 rings (SSSR count). The number of allylic oxidation sites excluding steroid dienone is 1. The second-order valence-electron chi connectivity index (χ2n) is 4.63. The van der Waals surface area contributed by atoms with Crippen molar-refractivity contribution in [1.82, 2.24) is 0 Å². The van der Waals surface area contributed by atoms with E-state index in [0.717, 1.165) is 25.7 Å². The molecule has 82 valence electrons. The van der Waals surface area contributed by atoms with Gasteiger partial charge >= 0.3 is 0 Å². The monoisotopic (exact) mass is 211 g/mol. The first kappa shape index (κ1) is 11.0. The minimum atomic E-state index is -0.249. The van der Waals surface area contributed by atoms with Gasteiger partial charge in [-0.3, -0.25) is 0 Å². The highest BCUT2D eigenvalue weighted by Crippen LogP contribution is 2.41. The molecule has 16 heavy (non-hydrogen) atoms. The molecule has 0 radical (unpaired) electrons. The summed E-state index contributed by atoms with van der Waals surface area (Å²) in [5.74, 6) is 0.602. The SMILES string of the molecule is C=CC1CCC(C#N)(c2ccccc2)CC1. The van der Waals surface area contributed by atoms with Gasteiger partial charge in [0.25, 0.3) is 0 Å². The van der Waals surface area contributed by atoms with Gasteiger partial charge in [-0.1, -0.05) is 36.4 Å². The topological polar surface area (TPSA) is 23.8 Å². The quantitative estimate of drug-likeness (QED) is 0.682. The van der Waals surface area contributed by atoms with E-state index < -0.39 is 0 Å². The molecule has 1 heteroatoms. The van der Waals surface area contributed by atoms with Crippen LogP contribution in [0.1, 0.15) is 31.2 Å². The average Bonchev–Trinajstić information content (AvgIpc) is 2.40. The predicted molar refractivity (Wildman–Crippen MR) is 65.9 cm³/mol. The summed E-state index contributed by atoms with van der Waals surface area (Å²) in [4.78, 5) is 0. The van der Waals surface area contributed by atoms with Gasteiger partial charge in [-0.25, -0.2) is 0 Å². The van der Waals surface area contributed by atoms with Crippen molar-refractivity contribution in [2.75, 3.05) is 0 Å². The molecule has 0 atom stereocenters. The molecule has 0 unspecified atom stereocenters. The van der Waals surface area contributed by atoms with E-state index in [1.54, 1.807) is 0 Å². The number of rotatable bonds is 2. The zero-order valence-electron chi connectivity index (χ0n) is 9.52. The highest BCUT2D eigenvalue weighted by atomic mass is 14.4. The van der Waals surface area contributed by atoms with Gasteiger partial charge in [-0.15, -0.1) is 6.58 Å². The van der Waals surface area contributed by atoms with Gasteiger partial charge in [0.1, 0.15) is 0 Å². The van der Waals surface area contributed by atoms with E-state index in [9.17, 15) is 5.26 Å². The van der Waals surface area contributed by atoms with E-state index in [2.05, 4.69) is 24.8 Å². The Labute approximate surface area is 97.4 Å². The first-order chi connectivity index (χ1) is 7.80. The molecule has 1 saturated carbocycles. The average molecular weight is 211 g/mol. The second-order valence-corrected chi connectivity index (χ2v) is 4.63. The normalized spacial score (nSPS) is 29.3. The van der Waals surface area contributed by atoms with Crippen LogP contribution in [0.25, 0.3) is 0 Å². The van der Waals surface area contributed by atoms with Gasteiger partial charge in [0.2, 0.25) is 0 Å². The fraction of sp³-hybridized carbons (Fsp3) is 0.400. The Kier molecular flexibility index (Phi) is 3.10. The van der Waals surface area contributed by atoms with E-state index >= 15 is 0 Å². The number of hydrogen-bond donors (Lipinski definition) is 0. The lowest BCUT2D eigenvalue weighted by molar-refractivity contribution is 0.316. The Bertz CT molecular complexity index is 391. The molecule has 0 aromatic heterocycles. The summed E-state index contributed by atoms with van der Waals surface area (Å²) >= 11 is 0. The molecule has 0 aliphatic heterocycles. The van der Waals surface area contributed by atoms with Gasteiger partial charge in [0.05, 0.1) is 11.5 Å². The predicted octanol–water partition coefficient (Wildman–Crippen LogP) is 3.82. The van der Waals surface area contributed by atoms with E-state index in [-0.39, 0.29) is 5.41 Å². The highest BCUT2D eigenvalue weighted by molar-refractivity contribution is 5.33. The Morgan fingerprint density at radius 2 is 1.88 bits per heavy atom. The van der Waals surface area contributed by atoms with Crippen LogP contribution in [0.4, 0.5) is 0 Å². The third-order valence-electron chi connectivity index (χ3n) is 3.76. The molecular weight excluding hydrogens is 194 g/mol. The fourth-order valence-electron chi connectivity index (χ4n) is 2.59. The van der Waals surface area contributed by atoms with E-state index in [4.69, 9.17) is 0 Å². The van der Waals surface area contributed by atoms with Crippen molar-refractivity contribution in [3.63, 3.8) is 0 Å². The van der Waals surface area contributed by atoms with Crippen molar-refractivity contribution in [3.8, 4) is 6.07 Å². The molecule has 0 heterocycles. The lowest BCUT2D eigenvalue weighted by atomic mass is 9.67. The summed E-state index contributed by atoms with van der Waals surface area (Å²) in [6.07, 6.45) is 6.14. The molecule has 1 aliphatic rings. The lowest BCUT2D eigenvalue weighted by Gasteiger charge is -2.34. The van der Waals surface area contributed by atoms with Crippen LogP contribution in [0.15, 0.2) is 43.0 Å². The van der Waals surface area contributed by atoms with Crippen molar-refractivity contribution >= 4 is 0 Å². The summed E-state index contributed by atoms with van der Waals surface area (Å²) in [7, 11) is 0. The third-order valence-corrected chi connectivity index (χ3v) is 3.76. The molecular formula is C15H17N. The zero-order valence-corrected chi connectivity index (χ0v) is 9.52. The molecule has 1 aliphatic carbocycles. The van der Waals surface area contributed by atoms with Crippen LogP contribution >= 0.6 is 0 Å². The van der Waals surface area contributed by atoms with Crippen molar-refractivity contribution < 1.29 is 0 Å². The van der Waals surface area contributed by atoms with E-state index in [1.165, 1.54) is 5.56 Å². The molecule has 1 aromatic rings. The second kappa shape index (κ2) is 4.53. The maximum Gasteiger partial charge on any atom is 0.0822 e. The summed E-state index contributed by atoms with van der Waals surface area (Å²) in [5.41, 5.74) is 0.931. The van der Waals surface area contributed by atoms with Crippen LogP contribution in [0.2, 0.25) is 0 Å². The molecule has 1 fully saturated rings. The Morgan fingerprint density at radius 1 is 1.25 bits per heavy atom. The first-order valence-electron chi connectivity index (χ1n) is 5.90. The van der Waals surface area contributed by atoms with Crippen molar-refractivity contribution in [2.24, 2.45) is 5.92 Å². The molecule has 1 aromatic carbocycles. The molecule has 0 saturated heterocycles. The molecule has 1 nitrogen and oxygen atoms in total. The molecule has 0 spiro atoms. The smallest absolute Gasteiger partial charge is 0.0822 e. The summed E-state index contributed by atoms with van der Waals surface area (Å²) in [6, 6.07) is 12.8. The molecule has 0 bridgehead atoms. The maximum absolute atomic E-state index is 9.48. The number of nitriles is 1. The van der Waals surface area contributed by atoms with Gasteiger partial charge in [0, 0.05) is 0 Å². The highest BCUT2D eigenvalue weighted by Gasteiger charge is 2.36. The standard InChI is InChI=1S/C15H17N/c1-2-13-8-10-15(12-16,11-9-13)14-6-4-3-5-7-14/h2-7,13H,1,8-11H2. The summed E-state index contributed by atoms with van der Waals surface area (Å²) in [5, 5.41) is 9.48. The van der Waals surface area contributed by atoms with Crippen molar-refractivity contribution in [2.45, 2.75) is 31.1 Å². The lowest BCUT2D eigenvalue weighted by Crippen LogP contribution is -2.29. The van der Waals surface area contributed by atoms with Crippen LogP contribution < -0.4 is 0 Å². The van der Waals surface area contributed by atoms with Crippen molar-refractivity contribution in [1.29, 1.82) is 5.26 Å². The summed E-state index contributed by atoms with van der Waals surface area (Å²) in [6.45, 7) is 3.85. The summed E-state index contributed by atoms with van der Waals surface area (Å²) < 4.78 is 0. The fourth-order valence-corrected chi connectivity index (χ4v) is 2.59. The van der Waals surface area contributed by atoms with Crippen LogP contribution in [-0.2, 0) is 5.41 Å². The van der Waals surface area contributed by atoms with Gasteiger partial charge in [-0.05, 0) is 37.2 Å². The maximum atomic E-state index is 9.48. The number of nitrogens with zero attached hydrogens (tertiary/aromatic N) is 1. The largest absolute Gasteiger partial charge is 0.197 e. The number of benzene rings is 1. The van der Waals surface area contributed by atoms with Crippen molar-refractivity contribution in [3.05, 3.63) is 48.6 Å². The first-order valence-corrected chi connectivity index (χ1v) is 5.90. The van der Waals surface area contributed by atoms with Crippen LogP contribution in [-0.4, -0.2) is 0 Å². The van der Waals surface area contributed by atoms with E-state index in [0.29, 0.717) is 5.92 Å². The van der Waals surface area contributed by atoms with Gasteiger partial charge in [0.15, 0.2) is 0 Å². The Hall–Kier alpha value is -1.55. The van der Waals surface area contributed by atoms with E-state index in [1.807, 2.05) is 24.3 Å². The van der Waals surface area contributed by atoms with Crippen LogP contribution in [0.5, 0.6) is 0 Å². The third kappa shape index (κ3) is 1.88. The molecule has 0 amide bonds. The van der Waals surface area contributed by atoms with Gasteiger partial charge < -0.3 is 0 Å². The van der Waals surface area contributed by atoms with Crippen LogP contribution in [0, 0.1) is 17.2 Å². The Balaban J connectivity index is 2.23. The minimum Gasteiger partial charge on any atom is -0.197 e. The zero-order chi connectivity index (χ0) is 11.4. The molecule has 0 N–H and O–H groups in total.